The van der Waals surface area contributed by atoms with Crippen LogP contribution < -0.4 is 4.90 Å². The molecule has 0 aromatic carbocycles. The zero-order valence-corrected chi connectivity index (χ0v) is 14.3. The fourth-order valence-electron chi connectivity index (χ4n) is 3.58. The zero-order valence-electron chi connectivity index (χ0n) is 14.3. The summed E-state index contributed by atoms with van der Waals surface area (Å²) in [6.07, 6.45) is 4.61. The van der Waals surface area contributed by atoms with E-state index in [1.165, 1.54) is 11.3 Å². The van der Waals surface area contributed by atoms with Crippen molar-refractivity contribution < 1.29 is 0 Å². The van der Waals surface area contributed by atoms with E-state index in [4.69, 9.17) is 0 Å². The van der Waals surface area contributed by atoms with E-state index in [0.717, 1.165) is 31.0 Å². The number of anilines is 1. The van der Waals surface area contributed by atoms with Gasteiger partial charge in [0.1, 0.15) is 12.1 Å². The van der Waals surface area contributed by atoms with E-state index >= 15 is 0 Å². The van der Waals surface area contributed by atoms with Gasteiger partial charge < -0.3 is 4.90 Å². The van der Waals surface area contributed by atoms with Gasteiger partial charge >= 0.3 is 0 Å². The molecular formula is C18H22N6. The normalized spacial score (nSPS) is 21.4. The van der Waals surface area contributed by atoms with Crippen molar-refractivity contribution in [2.24, 2.45) is 5.92 Å². The van der Waals surface area contributed by atoms with Crippen molar-refractivity contribution in [3.8, 4) is 0 Å². The maximum atomic E-state index is 4.57. The summed E-state index contributed by atoms with van der Waals surface area (Å²) < 4.78 is 1.89. The van der Waals surface area contributed by atoms with E-state index < -0.39 is 0 Å². The number of aryl methyl sites for hydroxylation is 2. The number of aromatic nitrogens is 5. The molecule has 1 aliphatic rings. The van der Waals surface area contributed by atoms with Gasteiger partial charge in [0.15, 0.2) is 0 Å². The van der Waals surface area contributed by atoms with Gasteiger partial charge in [0.2, 0.25) is 0 Å². The van der Waals surface area contributed by atoms with Crippen LogP contribution in [-0.4, -0.2) is 37.7 Å². The molecule has 4 heterocycles. The molecule has 1 saturated heterocycles. The van der Waals surface area contributed by atoms with Crippen LogP contribution >= 0.6 is 0 Å². The Morgan fingerprint density at radius 2 is 2.04 bits per heavy atom. The Morgan fingerprint density at radius 1 is 1.17 bits per heavy atom. The highest BCUT2D eigenvalue weighted by Gasteiger charge is 2.30. The average molecular weight is 322 g/mol. The molecule has 0 bridgehead atoms. The molecular weight excluding hydrogens is 300 g/mol. The molecule has 1 unspecified atom stereocenters. The van der Waals surface area contributed by atoms with Gasteiger partial charge in [0.05, 0.1) is 5.69 Å². The van der Waals surface area contributed by atoms with Crippen LogP contribution in [0.1, 0.15) is 36.2 Å². The second-order valence-corrected chi connectivity index (χ2v) is 6.80. The molecule has 2 atom stereocenters. The van der Waals surface area contributed by atoms with E-state index in [2.05, 4.69) is 50.9 Å². The van der Waals surface area contributed by atoms with Gasteiger partial charge in [0, 0.05) is 30.9 Å². The Morgan fingerprint density at radius 3 is 2.88 bits per heavy atom. The first-order chi connectivity index (χ1) is 11.6. The van der Waals surface area contributed by atoms with Gasteiger partial charge in [-0.05, 0) is 49.9 Å². The van der Waals surface area contributed by atoms with E-state index in [-0.39, 0.29) is 0 Å². The monoisotopic (exact) mass is 322 g/mol. The van der Waals surface area contributed by atoms with Crippen molar-refractivity contribution in [2.75, 3.05) is 18.0 Å². The predicted molar refractivity (Wildman–Crippen MR) is 93.2 cm³/mol. The molecule has 6 nitrogen and oxygen atoms in total. The minimum atomic E-state index is 0.381. The number of pyridine rings is 1. The van der Waals surface area contributed by atoms with Gasteiger partial charge in [-0.1, -0.05) is 6.92 Å². The summed E-state index contributed by atoms with van der Waals surface area (Å²) in [4.78, 5) is 15.7. The maximum absolute atomic E-state index is 4.57. The molecule has 0 saturated carbocycles. The standard InChI is InChI=1S/C18H22N6/c1-12-4-6-19-17(8-12)23-7-5-13(2)15(10-23)16-9-14(3)22-18-20-11-21-24(16)18/h4,6,8-9,11,13,15H,5,7,10H2,1-3H3/t13-,15?/m1/s1. The largest absolute Gasteiger partial charge is 0.356 e. The molecule has 124 valence electrons. The van der Waals surface area contributed by atoms with Gasteiger partial charge in [-0.25, -0.2) is 14.5 Å². The quantitative estimate of drug-likeness (QED) is 0.726. The van der Waals surface area contributed by atoms with Crippen LogP contribution in [0.5, 0.6) is 0 Å². The highest BCUT2D eigenvalue weighted by molar-refractivity contribution is 5.43. The van der Waals surface area contributed by atoms with Gasteiger partial charge in [0.25, 0.3) is 5.78 Å². The molecule has 3 aromatic heterocycles. The Balaban J connectivity index is 1.72. The third kappa shape index (κ3) is 2.62. The summed E-state index contributed by atoms with van der Waals surface area (Å²) in [5.74, 6) is 2.71. The number of rotatable bonds is 2. The summed E-state index contributed by atoms with van der Waals surface area (Å²) in [5.41, 5.74) is 3.43. The molecule has 0 N–H and O–H groups in total. The summed E-state index contributed by atoms with van der Waals surface area (Å²) in [6, 6.07) is 6.35. The highest BCUT2D eigenvalue weighted by atomic mass is 15.3. The van der Waals surface area contributed by atoms with Crippen LogP contribution in [0.4, 0.5) is 5.82 Å². The molecule has 4 rings (SSSR count). The molecule has 6 heteroatoms. The molecule has 0 radical (unpaired) electrons. The van der Waals surface area contributed by atoms with Crippen LogP contribution in [0.2, 0.25) is 0 Å². The lowest BCUT2D eigenvalue weighted by molar-refractivity contribution is 0.367. The topological polar surface area (TPSA) is 59.2 Å². The van der Waals surface area contributed by atoms with Crippen molar-refractivity contribution >= 4 is 11.6 Å². The van der Waals surface area contributed by atoms with Crippen molar-refractivity contribution in [2.45, 2.75) is 33.1 Å². The molecule has 24 heavy (non-hydrogen) atoms. The number of piperidine rings is 1. The summed E-state index contributed by atoms with van der Waals surface area (Å²) in [5, 5.41) is 4.39. The summed E-state index contributed by atoms with van der Waals surface area (Å²) in [6.45, 7) is 8.44. The van der Waals surface area contributed by atoms with Crippen molar-refractivity contribution in [3.05, 3.63) is 47.7 Å². The number of fused-ring (bicyclic) bond motifs is 1. The van der Waals surface area contributed by atoms with Crippen molar-refractivity contribution in [1.29, 1.82) is 0 Å². The van der Waals surface area contributed by atoms with Crippen molar-refractivity contribution in [1.82, 2.24) is 24.6 Å². The fraction of sp³-hybridized carbons (Fsp3) is 0.444. The van der Waals surface area contributed by atoms with E-state index in [1.807, 2.05) is 23.7 Å². The third-order valence-electron chi connectivity index (χ3n) is 4.97. The first kappa shape index (κ1) is 15.1. The highest BCUT2D eigenvalue weighted by Crippen LogP contribution is 2.34. The molecule has 1 fully saturated rings. The minimum absolute atomic E-state index is 0.381. The first-order valence-electron chi connectivity index (χ1n) is 8.46. The van der Waals surface area contributed by atoms with Gasteiger partial charge in [-0.15, -0.1) is 0 Å². The minimum Gasteiger partial charge on any atom is -0.356 e. The van der Waals surface area contributed by atoms with Crippen molar-refractivity contribution in [3.63, 3.8) is 0 Å². The van der Waals surface area contributed by atoms with Crippen LogP contribution in [-0.2, 0) is 0 Å². The SMILES string of the molecule is Cc1ccnc(N2CC[C@@H](C)C(c3cc(C)nc4ncnn34)C2)c1. The lowest BCUT2D eigenvalue weighted by atomic mass is 9.84. The average Bonchev–Trinajstić information content (AvgIpc) is 3.03. The van der Waals surface area contributed by atoms with Crippen LogP contribution in [0.25, 0.3) is 5.78 Å². The Kier molecular flexibility index (Phi) is 3.67. The molecule has 3 aromatic rings. The molecule has 1 aliphatic heterocycles. The van der Waals surface area contributed by atoms with E-state index in [0.29, 0.717) is 17.6 Å². The smallest absolute Gasteiger partial charge is 0.252 e. The van der Waals surface area contributed by atoms with Crippen LogP contribution in [0.3, 0.4) is 0 Å². The third-order valence-corrected chi connectivity index (χ3v) is 4.97. The molecule has 0 aliphatic carbocycles. The second kappa shape index (κ2) is 5.85. The Labute approximate surface area is 141 Å². The lowest BCUT2D eigenvalue weighted by Crippen LogP contribution is -2.39. The Hall–Kier alpha value is -2.50. The maximum Gasteiger partial charge on any atom is 0.252 e. The van der Waals surface area contributed by atoms with Gasteiger partial charge in [-0.3, -0.25) is 0 Å². The number of hydrogen-bond donors (Lipinski definition) is 0. The number of nitrogens with zero attached hydrogens (tertiary/aromatic N) is 6. The van der Waals surface area contributed by atoms with Crippen LogP contribution in [0.15, 0.2) is 30.7 Å². The van der Waals surface area contributed by atoms with E-state index in [1.54, 1.807) is 6.33 Å². The fourth-order valence-corrected chi connectivity index (χ4v) is 3.58. The Bertz CT molecular complexity index is 871. The van der Waals surface area contributed by atoms with Crippen LogP contribution in [0, 0.1) is 19.8 Å². The predicted octanol–water partition coefficient (Wildman–Crippen LogP) is 2.77. The lowest BCUT2D eigenvalue weighted by Gasteiger charge is -2.38. The zero-order chi connectivity index (χ0) is 16.7. The summed E-state index contributed by atoms with van der Waals surface area (Å²) >= 11 is 0. The molecule has 0 spiro atoms. The number of hydrogen-bond acceptors (Lipinski definition) is 5. The second-order valence-electron chi connectivity index (χ2n) is 6.80. The summed E-state index contributed by atoms with van der Waals surface area (Å²) in [7, 11) is 0. The molecule has 0 amide bonds. The van der Waals surface area contributed by atoms with Gasteiger partial charge in [-0.2, -0.15) is 10.1 Å². The van der Waals surface area contributed by atoms with E-state index in [9.17, 15) is 0 Å². The first-order valence-corrected chi connectivity index (χ1v) is 8.46.